The molecular weight excluding hydrogens is 439 g/mol. The average Bonchev–Trinajstić information content (AvgIpc) is 2.77. The van der Waals surface area contributed by atoms with Crippen LogP contribution in [0.1, 0.15) is 113 Å². The Kier molecular flexibility index (Phi) is 19.3. The third-order valence-corrected chi connectivity index (χ3v) is 5.72. The molecular formula is C24H38NaO6S-. The van der Waals surface area contributed by atoms with Gasteiger partial charge in [0.2, 0.25) is 0 Å². The minimum absolute atomic E-state index is 0. The summed E-state index contributed by atoms with van der Waals surface area (Å²) in [5, 5.41) is 0. The SMILES string of the molecule is CCCCCCCCOC(=O)c1ccc(S(=O)[O-])cc1C(=O)OCCCCCCCC.[H-].[Na+]. The molecule has 0 saturated carbocycles. The Morgan fingerprint density at radius 3 is 1.69 bits per heavy atom. The van der Waals surface area contributed by atoms with Gasteiger partial charge in [-0.3, -0.25) is 4.21 Å². The van der Waals surface area contributed by atoms with Crippen LogP contribution in [0, 0.1) is 0 Å². The summed E-state index contributed by atoms with van der Waals surface area (Å²) in [7, 11) is 0. The van der Waals surface area contributed by atoms with Crippen LogP contribution < -0.4 is 29.6 Å². The average molecular weight is 478 g/mol. The summed E-state index contributed by atoms with van der Waals surface area (Å²) in [6, 6.07) is 3.78. The Morgan fingerprint density at radius 1 is 0.781 bits per heavy atom. The van der Waals surface area contributed by atoms with Gasteiger partial charge in [-0.25, -0.2) is 9.59 Å². The molecule has 178 valence electrons. The van der Waals surface area contributed by atoms with E-state index in [1.807, 2.05) is 0 Å². The fourth-order valence-electron chi connectivity index (χ4n) is 3.22. The van der Waals surface area contributed by atoms with E-state index in [0.717, 1.165) is 44.9 Å². The largest absolute Gasteiger partial charge is 1.00 e. The molecule has 1 atom stereocenters. The zero-order valence-corrected chi connectivity index (χ0v) is 22.8. The first-order valence-electron chi connectivity index (χ1n) is 11.6. The molecule has 0 saturated heterocycles. The van der Waals surface area contributed by atoms with E-state index in [4.69, 9.17) is 9.47 Å². The molecule has 1 aromatic carbocycles. The van der Waals surface area contributed by atoms with E-state index in [1.165, 1.54) is 50.3 Å². The Labute approximate surface area is 219 Å². The molecule has 1 aromatic rings. The van der Waals surface area contributed by atoms with Gasteiger partial charge in [0.15, 0.2) is 0 Å². The maximum Gasteiger partial charge on any atom is 1.00 e. The van der Waals surface area contributed by atoms with E-state index in [-0.39, 0.29) is 60.2 Å². The van der Waals surface area contributed by atoms with Crippen molar-refractivity contribution in [2.45, 2.75) is 95.8 Å². The topological polar surface area (TPSA) is 92.7 Å². The first-order valence-corrected chi connectivity index (χ1v) is 12.7. The van der Waals surface area contributed by atoms with Gasteiger partial charge in [-0.15, -0.1) is 0 Å². The Morgan fingerprint density at radius 2 is 1.22 bits per heavy atom. The zero-order chi connectivity index (χ0) is 22.9. The molecule has 0 radical (unpaired) electrons. The summed E-state index contributed by atoms with van der Waals surface area (Å²) in [4.78, 5) is 24.9. The molecule has 0 aliphatic rings. The smallest absolute Gasteiger partial charge is 1.00 e. The summed E-state index contributed by atoms with van der Waals surface area (Å²) in [5.41, 5.74) is -0.0336. The van der Waals surface area contributed by atoms with Crippen molar-refractivity contribution in [1.29, 1.82) is 0 Å². The molecule has 0 fully saturated rings. The normalized spacial score (nSPS) is 11.5. The molecule has 1 rings (SSSR count). The number of esters is 2. The van der Waals surface area contributed by atoms with Gasteiger partial charge in [-0.1, -0.05) is 78.1 Å². The number of ether oxygens (including phenoxy) is 2. The number of carbonyl (C=O) groups is 2. The van der Waals surface area contributed by atoms with Crippen LogP contribution in [0.5, 0.6) is 0 Å². The predicted molar refractivity (Wildman–Crippen MR) is 122 cm³/mol. The number of unbranched alkanes of at least 4 members (excludes halogenated alkanes) is 10. The third-order valence-electron chi connectivity index (χ3n) is 5.09. The van der Waals surface area contributed by atoms with Gasteiger partial charge in [0.05, 0.1) is 24.3 Å². The number of rotatable bonds is 17. The molecule has 1 unspecified atom stereocenters. The van der Waals surface area contributed by atoms with Crippen molar-refractivity contribution in [3.8, 4) is 0 Å². The Bertz CT molecular complexity index is 702. The van der Waals surface area contributed by atoms with Gasteiger partial charge in [0.25, 0.3) is 0 Å². The summed E-state index contributed by atoms with van der Waals surface area (Å²) >= 11 is -2.51. The molecule has 32 heavy (non-hydrogen) atoms. The summed E-state index contributed by atoms with van der Waals surface area (Å²) in [6.45, 7) is 4.82. The molecule has 0 heterocycles. The maximum absolute atomic E-state index is 12.5. The minimum atomic E-state index is -2.51. The quantitative estimate of drug-likeness (QED) is 0.148. The van der Waals surface area contributed by atoms with E-state index >= 15 is 0 Å². The van der Waals surface area contributed by atoms with Crippen LogP contribution in [0.2, 0.25) is 0 Å². The third kappa shape index (κ3) is 13.1. The van der Waals surface area contributed by atoms with Gasteiger partial charge in [0.1, 0.15) is 0 Å². The van der Waals surface area contributed by atoms with E-state index in [2.05, 4.69) is 13.8 Å². The van der Waals surface area contributed by atoms with Crippen LogP contribution in [0.3, 0.4) is 0 Å². The monoisotopic (exact) mass is 477 g/mol. The minimum Gasteiger partial charge on any atom is -1.00 e. The number of hydrogen-bond donors (Lipinski definition) is 0. The second-order valence-electron chi connectivity index (χ2n) is 7.75. The molecule has 6 nitrogen and oxygen atoms in total. The fourth-order valence-corrected chi connectivity index (χ4v) is 3.62. The molecule has 0 spiro atoms. The van der Waals surface area contributed by atoms with Crippen LogP contribution in [0.25, 0.3) is 0 Å². The second kappa shape index (κ2) is 19.7. The molecule has 0 N–H and O–H groups in total. The van der Waals surface area contributed by atoms with Crippen LogP contribution in [0.4, 0.5) is 0 Å². The van der Waals surface area contributed by atoms with Crippen LogP contribution in [0.15, 0.2) is 23.1 Å². The van der Waals surface area contributed by atoms with Gasteiger partial charge >= 0.3 is 41.5 Å². The Balaban J connectivity index is 0. The van der Waals surface area contributed by atoms with Gasteiger partial charge < -0.3 is 15.5 Å². The first-order chi connectivity index (χ1) is 15.0. The first kappa shape index (κ1) is 31.3. The number of hydrogen-bond acceptors (Lipinski definition) is 6. The zero-order valence-electron chi connectivity index (χ0n) is 21.0. The van der Waals surface area contributed by atoms with Crippen LogP contribution in [-0.4, -0.2) is 33.9 Å². The van der Waals surface area contributed by atoms with Crippen molar-refractivity contribution >= 4 is 23.0 Å². The summed E-state index contributed by atoms with van der Waals surface area (Å²) in [6.07, 6.45) is 12.7. The molecule has 0 amide bonds. The van der Waals surface area contributed by atoms with Crippen molar-refractivity contribution in [1.82, 2.24) is 0 Å². The van der Waals surface area contributed by atoms with Crippen molar-refractivity contribution in [2.24, 2.45) is 0 Å². The van der Waals surface area contributed by atoms with E-state index < -0.39 is 23.0 Å². The van der Waals surface area contributed by atoms with Crippen molar-refractivity contribution < 1.29 is 58.8 Å². The molecule has 0 aliphatic carbocycles. The second-order valence-corrected chi connectivity index (χ2v) is 8.69. The van der Waals surface area contributed by atoms with E-state index in [0.29, 0.717) is 0 Å². The number of carbonyl (C=O) groups excluding carboxylic acids is 2. The Hall–Kier alpha value is -0.730. The molecule has 0 aliphatic heterocycles. The van der Waals surface area contributed by atoms with Crippen molar-refractivity contribution in [3.05, 3.63) is 29.3 Å². The molecule has 0 bridgehead atoms. The fraction of sp³-hybridized carbons (Fsp3) is 0.667. The van der Waals surface area contributed by atoms with Crippen molar-refractivity contribution in [3.63, 3.8) is 0 Å². The summed E-state index contributed by atoms with van der Waals surface area (Å²) in [5.74, 6) is -1.34. The standard InChI is InChI=1S/C24H38O6S.Na.H/c1-3-5-7-9-11-13-17-29-23(25)21-16-15-20(31(27)28)19-22(21)24(26)30-18-14-12-10-8-6-4-2;;/h15-16,19H,3-14,17-18H2,1-2H3,(H,27,28);;/q;+1;-1/p-1. The molecule has 8 heteroatoms. The summed E-state index contributed by atoms with van der Waals surface area (Å²) < 4.78 is 33.2. The molecule has 0 aromatic heterocycles. The maximum atomic E-state index is 12.5. The van der Waals surface area contributed by atoms with E-state index in [1.54, 1.807) is 0 Å². The van der Waals surface area contributed by atoms with E-state index in [9.17, 15) is 18.4 Å². The van der Waals surface area contributed by atoms with Crippen LogP contribution in [-0.2, 0) is 20.6 Å². The van der Waals surface area contributed by atoms with Crippen LogP contribution >= 0.6 is 0 Å². The number of benzene rings is 1. The predicted octanol–water partition coefficient (Wildman–Crippen LogP) is 3.08. The van der Waals surface area contributed by atoms with Gasteiger partial charge in [0, 0.05) is 4.90 Å². The van der Waals surface area contributed by atoms with Gasteiger partial charge in [-0.2, -0.15) is 0 Å². The van der Waals surface area contributed by atoms with Gasteiger partial charge in [-0.05, 0) is 42.1 Å². The van der Waals surface area contributed by atoms with Crippen molar-refractivity contribution in [2.75, 3.05) is 13.2 Å².